The van der Waals surface area contributed by atoms with Gasteiger partial charge in [-0.3, -0.25) is 0 Å². The van der Waals surface area contributed by atoms with Crippen molar-refractivity contribution in [3.05, 3.63) is 34.9 Å². The lowest BCUT2D eigenvalue weighted by Crippen LogP contribution is -1.71. The maximum Gasteiger partial charge on any atom is 0.105 e. The van der Waals surface area contributed by atoms with E-state index in [-0.39, 0.29) is 4.84 Å². The van der Waals surface area contributed by atoms with E-state index in [9.17, 15) is 0 Å². The predicted octanol–water partition coefficient (Wildman–Crippen LogP) is 4.02. The molecule has 70 valence electrons. The van der Waals surface area contributed by atoms with Crippen molar-refractivity contribution >= 4 is 34.8 Å². The van der Waals surface area contributed by atoms with E-state index >= 15 is 0 Å². The highest BCUT2D eigenvalue weighted by Gasteiger charge is 1.92. The summed E-state index contributed by atoms with van der Waals surface area (Å²) >= 11 is 15.7. The van der Waals surface area contributed by atoms with Gasteiger partial charge in [-0.15, -0.1) is 23.2 Å². The van der Waals surface area contributed by atoms with Gasteiger partial charge in [0, 0.05) is 0 Å². The number of nitriles is 1. The summed E-state index contributed by atoms with van der Waals surface area (Å²) in [5.41, 5.74) is 0.527. The van der Waals surface area contributed by atoms with Gasteiger partial charge < -0.3 is 0 Å². The molecule has 0 amide bonds. The summed E-state index contributed by atoms with van der Waals surface area (Å²) in [6.07, 6.45) is 0. The second kappa shape index (κ2) is 7.03. The lowest BCUT2D eigenvalue weighted by atomic mass is 10.2. The quantitative estimate of drug-likeness (QED) is 0.624. The first-order valence-corrected chi connectivity index (χ1v) is 4.75. The van der Waals surface area contributed by atoms with Crippen LogP contribution in [0.3, 0.4) is 0 Å². The van der Waals surface area contributed by atoms with Gasteiger partial charge in [-0.2, -0.15) is 5.26 Å². The predicted molar refractivity (Wildman–Crippen MR) is 57.3 cm³/mol. The Morgan fingerprint density at radius 3 is 2.08 bits per heavy atom. The highest BCUT2D eigenvalue weighted by Crippen LogP contribution is 2.12. The van der Waals surface area contributed by atoms with E-state index in [1.54, 1.807) is 31.2 Å². The molecule has 0 fully saturated rings. The van der Waals surface area contributed by atoms with Crippen LogP contribution in [0, 0.1) is 11.3 Å². The minimum Gasteiger partial charge on any atom is -0.192 e. The fourth-order valence-corrected chi connectivity index (χ4v) is 0.730. The molecule has 1 aromatic rings. The van der Waals surface area contributed by atoms with E-state index in [2.05, 4.69) is 0 Å². The van der Waals surface area contributed by atoms with Crippen LogP contribution in [-0.2, 0) is 0 Å². The van der Waals surface area contributed by atoms with Crippen molar-refractivity contribution in [1.82, 2.24) is 0 Å². The molecule has 4 heteroatoms. The first kappa shape index (κ1) is 12.6. The van der Waals surface area contributed by atoms with Crippen molar-refractivity contribution in [2.45, 2.75) is 11.8 Å². The van der Waals surface area contributed by atoms with Crippen LogP contribution >= 0.6 is 34.8 Å². The third kappa shape index (κ3) is 6.72. The smallest absolute Gasteiger partial charge is 0.105 e. The number of hydrogen-bond donors (Lipinski definition) is 0. The average molecular weight is 237 g/mol. The van der Waals surface area contributed by atoms with Crippen molar-refractivity contribution in [3.8, 4) is 6.07 Å². The van der Waals surface area contributed by atoms with Crippen LogP contribution < -0.4 is 0 Å². The fraction of sp³-hybridized carbons (Fsp3) is 0.222. The van der Waals surface area contributed by atoms with Crippen molar-refractivity contribution in [2.75, 3.05) is 0 Å². The molecule has 0 saturated carbocycles. The van der Waals surface area contributed by atoms with Crippen LogP contribution in [0.5, 0.6) is 0 Å². The third-order valence-corrected chi connectivity index (χ3v) is 1.32. The highest BCUT2D eigenvalue weighted by molar-refractivity contribution is 6.43. The second-order valence-electron chi connectivity index (χ2n) is 2.11. The SMILES string of the molecule is CC(Cl)Cl.N#Cc1ccccc1Cl. The number of rotatable bonds is 0. The molecular formula is C9H8Cl3N. The van der Waals surface area contributed by atoms with Crippen LogP contribution in [0.15, 0.2) is 24.3 Å². The van der Waals surface area contributed by atoms with Gasteiger partial charge in [-0.25, -0.2) is 0 Å². The Hall–Kier alpha value is -0.420. The number of nitrogens with zero attached hydrogens (tertiary/aromatic N) is 1. The summed E-state index contributed by atoms with van der Waals surface area (Å²) in [4.78, 5) is -0.222. The Bertz CT molecular complexity index is 288. The first-order valence-electron chi connectivity index (χ1n) is 3.50. The molecule has 0 aliphatic rings. The maximum atomic E-state index is 8.38. The molecule has 0 heterocycles. The molecule has 0 aromatic heterocycles. The van der Waals surface area contributed by atoms with E-state index in [4.69, 9.17) is 40.1 Å². The summed E-state index contributed by atoms with van der Waals surface area (Å²) in [6.45, 7) is 1.70. The molecule has 1 rings (SSSR count). The van der Waals surface area contributed by atoms with Gasteiger partial charge in [0.05, 0.1) is 10.6 Å². The molecule has 0 spiro atoms. The van der Waals surface area contributed by atoms with Gasteiger partial charge in [-0.05, 0) is 19.1 Å². The van der Waals surface area contributed by atoms with Crippen molar-refractivity contribution < 1.29 is 0 Å². The zero-order valence-electron chi connectivity index (χ0n) is 6.97. The van der Waals surface area contributed by atoms with E-state index in [0.717, 1.165) is 0 Å². The summed E-state index contributed by atoms with van der Waals surface area (Å²) < 4.78 is 0. The Labute approximate surface area is 92.8 Å². The molecule has 0 bridgehead atoms. The van der Waals surface area contributed by atoms with Crippen molar-refractivity contribution in [1.29, 1.82) is 5.26 Å². The van der Waals surface area contributed by atoms with Crippen LogP contribution in [0.25, 0.3) is 0 Å². The average Bonchev–Trinajstić information content (AvgIpc) is 2.04. The van der Waals surface area contributed by atoms with Crippen molar-refractivity contribution in [2.24, 2.45) is 0 Å². The highest BCUT2D eigenvalue weighted by atomic mass is 35.5. The summed E-state index contributed by atoms with van der Waals surface area (Å²) in [6, 6.07) is 8.92. The molecule has 0 atom stereocenters. The van der Waals surface area contributed by atoms with Gasteiger partial charge in [0.15, 0.2) is 0 Å². The Kier molecular flexibility index (Phi) is 6.80. The molecule has 1 nitrogen and oxygen atoms in total. The second-order valence-corrected chi connectivity index (χ2v) is 4.05. The zero-order chi connectivity index (χ0) is 10.3. The summed E-state index contributed by atoms with van der Waals surface area (Å²) in [7, 11) is 0. The first-order chi connectivity index (χ1) is 6.07. The van der Waals surface area contributed by atoms with Gasteiger partial charge in [0.1, 0.15) is 10.9 Å². The molecule has 13 heavy (non-hydrogen) atoms. The van der Waals surface area contributed by atoms with E-state index in [1.165, 1.54) is 0 Å². The number of benzene rings is 1. The van der Waals surface area contributed by atoms with Gasteiger partial charge >= 0.3 is 0 Å². The largest absolute Gasteiger partial charge is 0.192 e. The lowest BCUT2D eigenvalue weighted by molar-refractivity contribution is 1.39. The summed E-state index contributed by atoms with van der Waals surface area (Å²) in [5.74, 6) is 0. The molecule has 0 unspecified atom stereocenters. The van der Waals surface area contributed by atoms with Gasteiger partial charge in [0.2, 0.25) is 0 Å². The Balaban J connectivity index is 0.000000310. The van der Waals surface area contributed by atoms with E-state index < -0.39 is 0 Å². The number of alkyl halides is 2. The van der Waals surface area contributed by atoms with E-state index in [1.807, 2.05) is 6.07 Å². The molecular weight excluding hydrogens is 228 g/mol. The lowest BCUT2D eigenvalue weighted by Gasteiger charge is -1.88. The normalized spacial score (nSPS) is 8.62. The standard InChI is InChI=1S/C7H4ClN.C2H4Cl2/c8-7-4-2-1-3-6(7)5-9;1-2(3)4/h1-4H;2H,1H3. The third-order valence-electron chi connectivity index (χ3n) is 0.994. The monoisotopic (exact) mass is 235 g/mol. The number of hydrogen-bond acceptors (Lipinski definition) is 1. The number of halogens is 3. The summed E-state index contributed by atoms with van der Waals surface area (Å²) in [5, 5.41) is 8.90. The minimum atomic E-state index is -0.222. The molecule has 0 aliphatic carbocycles. The molecule has 0 N–H and O–H groups in total. The Morgan fingerprint density at radius 2 is 1.77 bits per heavy atom. The maximum absolute atomic E-state index is 8.38. The molecule has 0 aliphatic heterocycles. The van der Waals surface area contributed by atoms with Crippen LogP contribution in [0.2, 0.25) is 5.02 Å². The van der Waals surface area contributed by atoms with E-state index in [0.29, 0.717) is 10.6 Å². The molecule has 0 saturated heterocycles. The zero-order valence-corrected chi connectivity index (χ0v) is 9.24. The van der Waals surface area contributed by atoms with Crippen LogP contribution in [0.1, 0.15) is 12.5 Å². The fourth-order valence-electron chi connectivity index (χ4n) is 0.552. The topological polar surface area (TPSA) is 23.8 Å². The van der Waals surface area contributed by atoms with Crippen LogP contribution in [0.4, 0.5) is 0 Å². The Morgan fingerprint density at radius 1 is 1.31 bits per heavy atom. The minimum absolute atomic E-state index is 0.222. The van der Waals surface area contributed by atoms with Crippen LogP contribution in [-0.4, -0.2) is 4.84 Å². The molecule has 1 aromatic carbocycles. The van der Waals surface area contributed by atoms with Gasteiger partial charge in [0.25, 0.3) is 0 Å². The molecule has 0 radical (unpaired) electrons. The van der Waals surface area contributed by atoms with Gasteiger partial charge in [-0.1, -0.05) is 23.7 Å². The van der Waals surface area contributed by atoms with Crippen molar-refractivity contribution in [3.63, 3.8) is 0 Å².